The van der Waals surface area contributed by atoms with Crippen LogP contribution in [0.25, 0.3) is 0 Å². The Hall–Kier alpha value is -1.32. The molecule has 0 saturated heterocycles. The number of rotatable bonds is 11. The van der Waals surface area contributed by atoms with Crippen LogP contribution in [-0.2, 0) is 19.1 Å². The van der Waals surface area contributed by atoms with Crippen molar-refractivity contribution in [1.82, 2.24) is 0 Å². The zero-order chi connectivity index (χ0) is 17.0. The average Bonchev–Trinajstić information content (AvgIpc) is 2.44. The molecule has 0 N–H and O–H groups in total. The molecule has 128 valence electrons. The van der Waals surface area contributed by atoms with Crippen molar-refractivity contribution in [1.29, 1.82) is 0 Å². The normalized spacial score (nSPS) is 11.1. The van der Waals surface area contributed by atoms with Gasteiger partial charge in [0.25, 0.3) is 0 Å². The molecular weight excluding hydrogens is 280 g/mol. The Balaban J connectivity index is 3.67. The average molecular weight is 312 g/mol. The Kier molecular flexibility index (Phi) is 10.6. The van der Waals surface area contributed by atoms with Crippen LogP contribution in [0.15, 0.2) is 12.2 Å². The van der Waals surface area contributed by atoms with Gasteiger partial charge in [0.05, 0.1) is 5.41 Å². The van der Waals surface area contributed by atoms with E-state index in [4.69, 9.17) is 9.47 Å². The molecule has 0 saturated carbocycles. The van der Waals surface area contributed by atoms with E-state index in [-0.39, 0.29) is 6.79 Å². The number of carbonyl (C=O) groups is 2. The first-order valence-electron chi connectivity index (χ1n) is 8.31. The lowest BCUT2D eigenvalue weighted by atomic mass is 9.98. The molecule has 0 aromatic rings. The van der Waals surface area contributed by atoms with Gasteiger partial charge >= 0.3 is 11.9 Å². The van der Waals surface area contributed by atoms with Crippen LogP contribution in [-0.4, -0.2) is 18.7 Å². The summed E-state index contributed by atoms with van der Waals surface area (Å²) >= 11 is 0. The first-order chi connectivity index (χ1) is 10.3. The zero-order valence-electron chi connectivity index (χ0n) is 14.7. The lowest BCUT2D eigenvalue weighted by molar-refractivity contribution is -0.171. The smallest absolute Gasteiger partial charge is 0.336 e. The van der Waals surface area contributed by atoms with E-state index in [2.05, 4.69) is 13.5 Å². The second-order valence-electron chi connectivity index (χ2n) is 6.71. The molecule has 0 aromatic heterocycles. The summed E-state index contributed by atoms with van der Waals surface area (Å²) in [5.41, 5.74) is -0.151. The Labute approximate surface area is 135 Å². The van der Waals surface area contributed by atoms with Crippen LogP contribution >= 0.6 is 0 Å². The topological polar surface area (TPSA) is 52.6 Å². The molecule has 0 spiro atoms. The number of hydrogen-bond acceptors (Lipinski definition) is 4. The minimum absolute atomic E-state index is 0.342. The van der Waals surface area contributed by atoms with Crippen molar-refractivity contribution in [2.45, 2.75) is 79.1 Å². The second-order valence-corrected chi connectivity index (χ2v) is 6.71. The molecule has 22 heavy (non-hydrogen) atoms. The van der Waals surface area contributed by atoms with Crippen LogP contribution in [0.1, 0.15) is 79.1 Å². The summed E-state index contributed by atoms with van der Waals surface area (Å²) in [5, 5.41) is 0. The predicted octanol–water partition coefficient (Wildman–Crippen LogP) is 4.77. The molecule has 4 nitrogen and oxygen atoms in total. The molecule has 0 aliphatic heterocycles. The fourth-order valence-electron chi connectivity index (χ4n) is 1.85. The zero-order valence-corrected chi connectivity index (χ0v) is 14.7. The van der Waals surface area contributed by atoms with Gasteiger partial charge in [-0.25, -0.2) is 4.79 Å². The van der Waals surface area contributed by atoms with Gasteiger partial charge < -0.3 is 9.47 Å². The third-order valence-corrected chi connectivity index (χ3v) is 3.36. The summed E-state index contributed by atoms with van der Waals surface area (Å²) < 4.78 is 9.78. The lowest BCUT2D eigenvalue weighted by Gasteiger charge is -2.16. The van der Waals surface area contributed by atoms with Gasteiger partial charge in [0.15, 0.2) is 0 Å². The molecule has 0 amide bonds. The number of esters is 2. The van der Waals surface area contributed by atoms with Crippen molar-refractivity contribution in [2.24, 2.45) is 5.41 Å². The minimum Gasteiger partial charge on any atom is -0.427 e. The monoisotopic (exact) mass is 312 g/mol. The Morgan fingerprint density at radius 3 is 2.00 bits per heavy atom. The van der Waals surface area contributed by atoms with E-state index >= 15 is 0 Å². The van der Waals surface area contributed by atoms with Crippen molar-refractivity contribution in [2.75, 3.05) is 6.79 Å². The highest BCUT2D eigenvalue weighted by molar-refractivity contribution is 5.87. The van der Waals surface area contributed by atoms with Gasteiger partial charge in [-0.1, -0.05) is 52.0 Å². The number of carbonyl (C=O) groups excluding carboxylic acids is 2. The van der Waals surface area contributed by atoms with Crippen LogP contribution < -0.4 is 0 Å². The molecule has 0 rings (SSSR count). The molecule has 0 fully saturated rings. The number of ether oxygens (including phenoxy) is 2. The van der Waals surface area contributed by atoms with Crippen LogP contribution in [0.5, 0.6) is 0 Å². The lowest BCUT2D eigenvalue weighted by Crippen LogP contribution is -2.24. The van der Waals surface area contributed by atoms with Gasteiger partial charge in [-0.15, -0.1) is 0 Å². The van der Waals surface area contributed by atoms with Crippen LogP contribution in [0.4, 0.5) is 0 Å². The van der Waals surface area contributed by atoms with Crippen molar-refractivity contribution < 1.29 is 19.1 Å². The molecule has 0 atom stereocenters. The van der Waals surface area contributed by atoms with Crippen LogP contribution in [0, 0.1) is 5.41 Å². The maximum Gasteiger partial charge on any atom is 0.336 e. The fraction of sp³-hybridized carbons (Fsp3) is 0.778. The predicted molar refractivity (Wildman–Crippen MR) is 88.3 cm³/mol. The second kappa shape index (κ2) is 11.3. The largest absolute Gasteiger partial charge is 0.427 e. The maximum atomic E-state index is 11.7. The molecule has 0 unspecified atom stereocenters. The highest BCUT2D eigenvalue weighted by Gasteiger charge is 2.23. The molecule has 4 heteroatoms. The minimum atomic E-state index is -0.596. The van der Waals surface area contributed by atoms with Gasteiger partial charge in [0.1, 0.15) is 0 Å². The standard InChI is InChI=1S/C18H32O4/c1-6-7-8-9-10-11-12-13-15(2)16(19)21-14-22-17(20)18(3,4)5/h2,6-14H2,1,3-5H3. The van der Waals surface area contributed by atoms with E-state index in [1.807, 2.05) is 0 Å². The van der Waals surface area contributed by atoms with E-state index in [0.29, 0.717) is 12.0 Å². The fourth-order valence-corrected chi connectivity index (χ4v) is 1.85. The van der Waals surface area contributed by atoms with Gasteiger partial charge in [0.2, 0.25) is 6.79 Å². The molecule has 0 bridgehead atoms. The SMILES string of the molecule is C=C(CCCCCCCCC)C(=O)OCOC(=O)C(C)(C)C. The highest BCUT2D eigenvalue weighted by Crippen LogP contribution is 2.15. The van der Waals surface area contributed by atoms with E-state index in [9.17, 15) is 9.59 Å². The summed E-state index contributed by atoms with van der Waals surface area (Å²) in [7, 11) is 0. The van der Waals surface area contributed by atoms with E-state index in [1.54, 1.807) is 20.8 Å². The molecule has 0 radical (unpaired) electrons. The van der Waals surface area contributed by atoms with Gasteiger partial charge in [-0.2, -0.15) is 0 Å². The quantitative estimate of drug-likeness (QED) is 0.238. The Morgan fingerprint density at radius 1 is 0.909 bits per heavy atom. The van der Waals surface area contributed by atoms with Crippen molar-refractivity contribution in [3.8, 4) is 0 Å². The Bertz CT molecular complexity index is 353. The van der Waals surface area contributed by atoms with Gasteiger partial charge in [-0.05, 0) is 33.6 Å². The van der Waals surface area contributed by atoms with E-state index in [1.165, 1.54) is 32.1 Å². The first-order valence-corrected chi connectivity index (χ1v) is 8.31. The number of unbranched alkanes of at least 4 members (excludes halogenated alkanes) is 6. The number of hydrogen-bond donors (Lipinski definition) is 0. The maximum absolute atomic E-state index is 11.7. The highest BCUT2D eigenvalue weighted by atomic mass is 16.7. The third kappa shape index (κ3) is 10.4. The van der Waals surface area contributed by atoms with E-state index in [0.717, 1.165) is 12.8 Å². The summed E-state index contributed by atoms with van der Waals surface area (Å²) in [4.78, 5) is 23.2. The summed E-state index contributed by atoms with van der Waals surface area (Å²) in [6.07, 6.45) is 8.99. The Morgan fingerprint density at radius 2 is 1.45 bits per heavy atom. The molecule has 0 heterocycles. The van der Waals surface area contributed by atoms with Crippen molar-refractivity contribution in [3.63, 3.8) is 0 Å². The molecular formula is C18H32O4. The van der Waals surface area contributed by atoms with Crippen LogP contribution in [0.3, 0.4) is 0 Å². The third-order valence-electron chi connectivity index (χ3n) is 3.36. The molecule has 0 aliphatic carbocycles. The summed E-state index contributed by atoms with van der Waals surface area (Å²) in [5.74, 6) is -0.870. The first kappa shape index (κ1) is 20.7. The van der Waals surface area contributed by atoms with Crippen molar-refractivity contribution in [3.05, 3.63) is 12.2 Å². The van der Waals surface area contributed by atoms with E-state index < -0.39 is 17.4 Å². The van der Waals surface area contributed by atoms with Crippen LogP contribution in [0.2, 0.25) is 0 Å². The summed E-state index contributed by atoms with van der Waals surface area (Å²) in [6.45, 7) is 10.8. The van der Waals surface area contributed by atoms with Gasteiger partial charge in [0, 0.05) is 5.57 Å². The molecule has 0 aliphatic rings. The van der Waals surface area contributed by atoms with Crippen molar-refractivity contribution >= 4 is 11.9 Å². The summed E-state index contributed by atoms with van der Waals surface area (Å²) in [6, 6.07) is 0. The molecule has 0 aromatic carbocycles. The van der Waals surface area contributed by atoms with Gasteiger partial charge in [-0.3, -0.25) is 4.79 Å².